The number of methoxy groups -OCH3 is 1. The van der Waals surface area contributed by atoms with Crippen LogP contribution in [0.4, 0.5) is 5.95 Å². The molecular weight excluding hydrogens is 248 g/mol. The summed E-state index contributed by atoms with van der Waals surface area (Å²) in [6, 6.07) is 1.68. The maximum absolute atomic E-state index is 12.0. The van der Waals surface area contributed by atoms with Gasteiger partial charge in [-0.05, 0) is 13.3 Å². The number of aromatic nitrogens is 2. The number of carbonyl (C=O) groups is 2. The first-order chi connectivity index (χ1) is 9.08. The Morgan fingerprint density at radius 1 is 1.53 bits per heavy atom. The minimum atomic E-state index is -0.243. The minimum Gasteiger partial charge on any atom is -0.481 e. The van der Waals surface area contributed by atoms with Crippen molar-refractivity contribution in [3.63, 3.8) is 0 Å². The van der Waals surface area contributed by atoms with Crippen molar-refractivity contribution in [1.82, 2.24) is 15.3 Å². The van der Waals surface area contributed by atoms with Crippen molar-refractivity contribution in [1.29, 1.82) is 0 Å². The summed E-state index contributed by atoms with van der Waals surface area (Å²) in [5.41, 5.74) is 0.707. The lowest BCUT2D eigenvalue weighted by molar-refractivity contribution is -0.126. The van der Waals surface area contributed by atoms with Crippen LogP contribution in [0, 0.1) is 12.8 Å². The Hall–Kier alpha value is -2.18. The number of aryl methyl sites for hydroxylation is 1. The number of anilines is 1. The molecule has 19 heavy (non-hydrogen) atoms. The van der Waals surface area contributed by atoms with Crippen molar-refractivity contribution in [2.75, 3.05) is 19.0 Å². The first kappa shape index (κ1) is 13.3. The molecule has 0 bridgehead atoms. The van der Waals surface area contributed by atoms with Gasteiger partial charge in [0, 0.05) is 24.7 Å². The van der Waals surface area contributed by atoms with E-state index < -0.39 is 0 Å². The number of rotatable bonds is 3. The van der Waals surface area contributed by atoms with E-state index in [2.05, 4.69) is 20.6 Å². The number of piperidine rings is 1. The van der Waals surface area contributed by atoms with Gasteiger partial charge in [0.1, 0.15) is 0 Å². The maximum atomic E-state index is 12.0. The lowest BCUT2D eigenvalue weighted by Crippen LogP contribution is -2.40. The Balaban J connectivity index is 2.02. The van der Waals surface area contributed by atoms with E-state index in [-0.39, 0.29) is 23.7 Å². The van der Waals surface area contributed by atoms with Gasteiger partial charge in [0.15, 0.2) is 0 Å². The molecule has 1 aliphatic heterocycles. The van der Waals surface area contributed by atoms with Gasteiger partial charge in [-0.25, -0.2) is 4.98 Å². The van der Waals surface area contributed by atoms with E-state index >= 15 is 0 Å². The van der Waals surface area contributed by atoms with Crippen LogP contribution < -0.4 is 15.4 Å². The number of hydrogen-bond acceptors (Lipinski definition) is 5. The molecular formula is C12H16N4O3. The topological polar surface area (TPSA) is 93.2 Å². The number of carbonyl (C=O) groups excluding carboxylic acids is 2. The van der Waals surface area contributed by atoms with E-state index in [9.17, 15) is 9.59 Å². The fraction of sp³-hybridized carbons (Fsp3) is 0.500. The van der Waals surface area contributed by atoms with Gasteiger partial charge < -0.3 is 10.1 Å². The normalized spacial score (nSPS) is 18.6. The SMILES string of the molecule is COc1cc(C)nc(NC(=O)C2CCC(=O)NC2)n1. The fourth-order valence-corrected chi connectivity index (χ4v) is 1.87. The molecule has 1 atom stereocenters. The molecule has 1 aromatic heterocycles. The van der Waals surface area contributed by atoms with Crippen LogP contribution in [0.5, 0.6) is 5.88 Å². The Kier molecular flexibility index (Phi) is 3.94. The predicted molar refractivity (Wildman–Crippen MR) is 67.7 cm³/mol. The molecule has 2 heterocycles. The minimum absolute atomic E-state index is 0.0162. The summed E-state index contributed by atoms with van der Waals surface area (Å²) in [4.78, 5) is 31.2. The highest BCUT2D eigenvalue weighted by atomic mass is 16.5. The van der Waals surface area contributed by atoms with Crippen LogP contribution in [-0.4, -0.2) is 35.4 Å². The van der Waals surface area contributed by atoms with Gasteiger partial charge >= 0.3 is 0 Å². The molecule has 1 aromatic rings. The molecule has 1 aliphatic rings. The molecule has 0 saturated carbocycles. The number of nitrogens with one attached hydrogen (secondary N) is 2. The summed E-state index contributed by atoms with van der Waals surface area (Å²) in [7, 11) is 1.50. The zero-order valence-electron chi connectivity index (χ0n) is 10.9. The summed E-state index contributed by atoms with van der Waals surface area (Å²) in [5, 5.41) is 5.32. The van der Waals surface area contributed by atoms with E-state index in [1.165, 1.54) is 7.11 Å². The third-order valence-corrected chi connectivity index (χ3v) is 2.91. The Morgan fingerprint density at radius 3 is 2.95 bits per heavy atom. The van der Waals surface area contributed by atoms with Crippen molar-refractivity contribution < 1.29 is 14.3 Å². The largest absolute Gasteiger partial charge is 0.481 e. The summed E-state index contributed by atoms with van der Waals surface area (Å²) < 4.78 is 5.02. The summed E-state index contributed by atoms with van der Waals surface area (Å²) in [6.07, 6.45) is 0.913. The molecule has 0 spiro atoms. The van der Waals surface area contributed by atoms with Crippen LogP contribution in [0.25, 0.3) is 0 Å². The molecule has 2 amide bonds. The van der Waals surface area contributed by atoms with E-state index in [4.69, 9.17) is 4.74 Å². The maximum Gasteiger partial charge on any atom is 0.232 e. The number of ether oxygens (including phenoxy) is 1. The second-order valence-corrected chi connectivity index (χ2v) is 4.40. The van der Waals surface area contributed by atoms with E-state index in [0.717, 1.165) is 0 Å². The van der Waals surface area contributed by atoms with Crippen LogP contribution in [0.1, 0.15) is 18.5 Å². The number of nitrogens with zero attached hydrogens (tertiary/aromatic N) is 2. The van der Waals surface area contributed by atoms with Gasteiger partial charge in [-0.1, -0.05) is 0 Å². The first-order valence-corrected chi connectivity index (χ1v) is 6.05. The smallest absolute Gasteiger partial charge is 0.232 e. The molecule has 7 heteroatoms. The monoisotopic (exact) mass is 264 g/mol. The van der Waals surface area contributed by atoms with Gasteiger partial charge in [-0.15, -0.1) is 0 Å². The van der Waals surface area contributed by atoms with Crippen LogP contribution in [0.3, 0.4) is 0 Å². The van der Waals surface area contributed by atoms with E-state index in [1.807, 2.05) is 0 Å². The molecule has 0 aliphatic carbocycles. The molecule has 0 aromatic carbocycles. The second-order valence-electron chi connectivity index (χ2n) is 4.40. The lowest BCUT2D eigenvalue weighted by atomic mass is 9.98. The second kappa shape index (κ2) is 5.64. The third-order valence-electron chi connectivity index (χ3n) is 2.91. The van der Waals surface area contributed by atoms with Gasteiger partial charge in [-0.2, -0.15) is 4.98 Å². The lowest BCUT2D eigenvalue weighted by Gasteiger charge is -2.21. The number of amides is 2. The predicted octanol–water partition coefficient (Wildman–Crippen LogP) is 0.258. The molecule has 1 saturated heterocycles. The van der Waals surface area contributed by atoms with Crippen molar-refractivity contribution >= 4 is 17.8 Å². The van der Waals surface area contributed by atoms with E-state index in [0.29, 0.717) is 31.0 Å². The first-order valence-electron chi connectivity index (χ1n) is 6.05. The Labute approximate surface area is 110 Å². The number of hydrogen-bond donors (Lipinski definition) is 2. The van der Waals surface area contributed by atoms with Gasteiger partial charge in [-0.3, -0.25) is 14.9 Å². The zero-order valence-corrected chi connectivity index (χ0v) is 10.9. The molecule has 7 nitrogen and oxygen atoms in total. The highest BCUT2D eigenvalue weighted by Gasteiger charge is 2.25. The quantitative estimate of drug-likeness (QED) is 0.816. The standard InChI is InChI=1S/C12H16N4O3/c1-7-5-10(19-2)15-12(14-7)16-11(18)8-3-4-9(17)13-6-8/h5,8H,3-4,6H2,1-2H3,(H,13,17)(H,14,15,16,18). The van der Waals surface area contributed by atoms with Crippen molar-refractivity contribution in [2.24, 2.45) is 5.92 Å². The van der Waals surface area contributed by atoms with Crippen molar-refractivity contribution in [3.8, 4) is 5.88 Å². The molecule has 2 rings (SSSR count). The molecule has 1 unspecified atom stereocenters. The van der Waals surface area contributed by atoms with Crippen LogP contribution in [0.15, 0.2) is 6.07 Å². The average molecular weight is 264 g/mol. The average Bonchev–Trinajstić information content (AvgIpc) is 2.38. The van der Waals surface area contributed by atoms with Crippen LogP contribution in [-0.2, 0) is 9.59 Å². The molecule has 0 radical (unpaired) electrons. The van der Waals surface area contributed by atoms with Crippen molar-refractivity contribution in [3.05, 3.63) is 11.8 Å². The van der Waals surface area contributed by atoms with Crippen LogP contribution in [0.2, 0.25) is 0 Å². The van der Waals surface area contributed by atoms with Gasteiger partial charge in [0.05, 0.1) is 13.0 Å². The summed E-state index contributed by atoms with van der Waals surface area (Å²) in [5.74, 6) is 0.177. The molecule has 1 fully saturated rings. The fourth-order valence-electron chi connectivity index (χ4n) is 1.87. The van der Waals surface area contributed by atoms with E-state index in [1.54, 1.807) is 13.0 Å². The summed E-state index contributed by atoms with van der Waals surface area (Å²) in [6.45, 7) is 2.15. The highest BCUT2D eigenvalue weighted by molar-refractivity contribution is 5.92. The van der Waals surface area contributed by atoms with Gasteiger partial charge in [0.2, 0.25) is 23.6 Å². The highest BCUT2D eigenvalue weighted by Crippen LogP contribution is 2.15. The molecule has 102 valence electrons. The van der Waals surface area contributed by atoms with Crippen molar-refractivity contribution in [2.45, 2.75) is 19.8 Å². The Bertz CT molecular complexity index is 494. The Morgan fingerprint density at radius 2 is 2.32 bits per heavy atom. The van der Waals surface area contributed by atoms with Crippen LogP contribution >= 0.6 is 0 Å². The summed E-state index contributed by atoms with van der Waals surface area (Å²) >= 11 is 0. The molecule has 2 N–H and O–H groups in total. The van der Waals surface area contributed by atoms with Gasteiger partial charge in [0.25, 0.3) is 0 Å². The third kappa shape index (κ3) is 3.40. The zero-order chi connectivity index (χ0) is 13.8.